The molecule has 0 aliphatic rings. The summed E-state index contributed by atoms with van der Waals surface area (Å²) in [6, 6.07) is 10.4. The van der Waals surface area contributed by atoms with Crippen LogP contribution in [0.4, 0.5) is 0 Å². The Morgan fingerprint density at radius 2 is 2.08 bits per heavy atom. The Labute approximate surface area is 86.2 Å². The van der Waals surface area contributed by atoms with Gasteiger partial charge < -0.3 is 0 Å². The molecule has 12 heavy (non-hydrogen) atoms. The first-order valence-corrected chi connectivity index (χ1v) is 5.74. The van der Waals surface area contributed by atoms with Crippen molar-refractivity contribution in [2.75, 3.05) is 5.33 Å². The Kier molecular flexibility index (Phi) is 4.48. The summed E-state index contributed by atoms with van der Waals surface area (Å²) in [7, 11) is 0. The molecule has 2 heteroatoms. The second-order valence-electron chi connectivity index (χ2n) is 2.30. The van der Waals surface area contributed by atoms with E-state index >= 15 is 0 Å². The van der Waals surface area contributed by atoms with Gasteiger partial charge in [-0.15, -0.1) is 0 Å². The molecule has 0 saturated heterocycles. The van der Waals surface area contributed by atoms with Crippen LogP contribution < -0.4 is 0 Å². The summed E-state index contributed by atoms with van der Waals surface area (Å²) >= 11 is 5.25. The van der Waals surface area contributed by atoms with Gasteiger partial charge in [-0.3, -0.25) is 0 Å². The minimum atomic E-state index is 0.934. The van der Waals surface area contributed by atoms with Crippen LogP contribution in [0.1, 0.15) is 6.92 Å². The maximum atomic E-state index is 3.44. The van der Waals surface area contributed by atoms with E-state index in [1.54, 1.807) is 11.8 Å². The fourth-order valence-corrected chi connectivity index (χ4v) is 2.24. The van der Waals surface area contributed by atoms with Gasteiger partial charge in [0, 0.05) is 10.2 Å². The lowest BCUT2D eigenvalue weighted by Crippen LogP contribution is -1.76. The summed E-state index contributed by atoms with van der Waals surface area (Å²) in [5.74, 6) is 0. The molecular formula is C10H11BrS. The average molecular weight is 243 g/mol. The van der Waals surface area contributed by atoms with Crippen molar-refractivity contribution in [2.45, 2.75) is 11.8 Å². The number of thioether (sulfide) groups is 1. The van der Waals surface area contributed by atoms with Crippen LogP contribution >= 0.6 is 27.7 Å². The number of rotatable bonds is 3. The highest BCUT2D eigenvalue weighted by Crippen LogP contribution is 2.26. The smallest absolute Gasteiger partial charge is 0.0343 e. The fourth-order valence-electron chi connectivity index (χ4n) is 0.803. The number of halogens is 1. The molecule has 0 fully saturated rings. The predicted octanol–water partition coefficient (Wildman–Crippen LogP) is 4.08. The van der Waals surface area contributed by atoms with E-state index in [0.717, 1.165) is 5.33 Å². The highest BCUT2D eigenvalue weighted by molar-refractivity contribution is 9.09. The van der Waals surface area contributed by atoms with Gasteiger partial charge in [-0.1, -0.05) is 52.0 Å². The van der Waals surface area contributed by atoms with Gasteiger partial charge >= 0.3 is 0 Å². The van der Waals surface area contributed by atoms with Gasteiger partial charge in [-0.25, -0.2) is 0 Å². The van der Waals surface area contributed by atoms with Gasteiger partial charge in [0.1, 0.15) is 0 Å². The molecule has 0 heterocycles. The Morgan fingerprint density at radius 3 is 2.58 bits per heavy atom. The van der Waals surface area contributed by atoms with Crippen LogP contribution in [0.2, 0.25) is 0 Å². The molecule has 0 amide bonds. The van der Waals surface area contributed by atoms with Gasteiger partial charge in [-0.05, 0) is 24.0 Å². The van der Waals surface area contributed by atoms with Crippen LogP contribution in [-0.4, -0.2) is 5.33 Å². The van der Waals surface area contributed by atoms with Gasteiger partial charge in [-0.2, -0.15) is 0 Å². The van der Waals surface area contributed by atoms with Crippen molar-refractivity contribution in [2.24, 2.45) is 0 Å². The van der Waals surface area contributed by atoms with E-state index < -0.39 is 0 Å². The molecule has 0 atom stereocenters. The van der Waals surface area contributed by atoms with E-state index in [4.69, 9.17) is 0 Å². The number of allylic oxidation sites excluding steroid dienone is 2. The van der Waals surface area contributed by atoms with Crippen molar-refractivity contribution in [1.82, 2.24) is 0 Å². The Bertz CT molecular complexity index is 254. The lowest BCUT2D eigenvalue weighted by atomic mass is 10.4. The average Bonchev–Trinajstić information content (AvgIpc) is 2.16. The van der Waals surface area contributed by atoms with Crippen LogP contribution in [-0.2, 0) is 0 Å². The highest BCUT2D eigenvalue weighted by atomic mass is 79.9. The Hall–Kier alpha value is -0.210. The van der Waals surface area contributed by atoms with Crippen molar-refractivity contribution in [3.63, 3.8) is 0 Å². The molecule has 0 radical (unpaired) electrons. The van der Waals surface area contributed by atoms with E-state index in [1.165, 1.54) is 9.80 Å². The minimum Gasteiger partial charge on any atom is -0.0940 e. The zero-order valence-corrected chi connectivity index (χ0v) is 9.36. The predicted molar refractivity (Wildman–Crippen MR) is 59.9 cm³/mol. The maximum absolute atomic E-state index is 3.44. The molecule has 1 aromatic rings. The molecule has 0 aliphatic heterocycles. The van der Waals surface area contributed by atoms with Crippen molar-refractivity contribution < 1.29 is 0 Å². The van der Waals surface area contributed by atoms with E-state index in [9.17, 15) is 0 Å². The molecule has 64 valence electrons. The maximum Gasteiger partial charge on any atom is 0.0343 e. The van der Waals surface area contributed by atoms with Gasteiger partial charge in [0.25, 0.3) is 0 Å². The Morgan fingerprint density at radius 1 is 1.42 bits per heavy atom. The lowest BCUT2D eigenvalue weighted by Gasteiger charge is -2.01. The first-order valence-electron chi connectivity index (χ1n) is 3.81. The van der Waals surface area contributed by atoms with Crippen LogP contribution in [0.25, 0.3) is 0 Å². The second-order valence-corrected chi connectivity index (χ2v) is 4.06. The largest absolute Gasteiger partial charge is 0.0940 e. The SMILES string of the molecule is C/C=C(/CBr)Sc1ccccc1. The molecule has 0 unspecified atom stereocenters. The van der Waals surface area contributed by atoms with Gasteiger partial charge in [0.15, 0.2) is 0 Å². The summed E-state index contributed by atoms with van der Waals surface area (Å²) < 4.78 is 0. The molecule has 0 N–H and O–H groups in total. The zero-order valence-electron chi connectivity index (χ0n) is 6.96. The normalized spacial score (nSPS) is 11.7. The number of hydrogen-bond acceptors (Lipinski definition) is 1. The number of benzene rings is 1. The minimum absolute atomic E-state index is 0.934. The van der Waals surface area contributed by atoms with Crippen molar-refractivity contribution >= 4 is 27.7 Å². The summed E-state index contributed by atoms with van der Waals surface area (Å²) in [4.78, 5) is 2.64. The Balaban J connectivity index is 2.64. The molecule has 0 saturated carbocycles. The summed E-state index contributed by atoms with van der Waals surface area (Å²) in [6.45, 7) is 2.06. The molecule has 0 aliphatic carbocycles. The molecule has 0 spiro atoms. The van der Waals surface area contributed by atoms with Crippen LogP contribution in [0.5, 0.6) is 0 Å². The number of hydrogen-bond donors (Lipinski definition) is 0. The summed E-state index contributed by atoms with van der Waals surface area (Å²) in [5.41, 5.74) is 0. The second kappa shape index (κ2) is 5.44. The summed E-state index contributed by atoms with van der Waals surface area (Å²) in [6.07, 6.45) is 2.13. The van der Waals surface area contributed by atoms with Crippen LogP contribution in [0.3, 0.4) is 0 Å². The number of alkyl halides is 1. The fraction of sp³-hybridized carbons (Fsp3) is 0.200. The molecule has 1 rings (SSSR count). The van der Waals surface area contributed by atoms with E-state index in [1.807, 2.05) is 6.07 Å². The van der Waals surface area contributed by atoms with Crippen molar-refractivity contribution in [3.8, 4) is 0 Å². The third kappa shape index (κ3) is 3.03. The van der Waals surface area contributed by atoms with Crippen LogP contribution in [0, 0.1) is 0 Å². The van der Waals surface area contributed by atoms with Crippen molar-refractivity contribution in [1.29, 1.82) is 0 Å². The monoisotopic (exact) mass is 242 g/mol. The van der Waals surface area contributed by atoms with E-state index in [0.29, 0.717) is 0 Å². The quantitative estimate of drug-likeness (QED) is 0.569. The van der Waals surface area contributed by atoms with E-state index in [-0.39, 0.29) is 0 Å². The topological polar surface area (TPSA) is 0 Å². The molecule has 0 aromatic heterocycles. The van der Waals surface area contributed by atoms with Crippen LogP contribution in [0.15, 0.2) is 46.2 Å². The standard InChI is InChI=1S/C10H11BrS/c1-2-9(8-11)12-10-6-4-3-5-7-10/h2-7H,8H2,1H3/b9-2-. The summed E-state index contributed by atoms with van der Waals surface area (Å²) in [5, 5.41) is 0.934. The molecule has 1 aromatic carbocycles. The first kappa shape index (κ1) is 9.87. The lowest BCUT2D eigenvalue weighted by molar-refractivity contribution is 1.46. The third-order valence-electron chi connectivity index (χ3n) is 1.45. The molecular weight excluding hydrogens is 232 g/mol. The van der Waals surface area contributed by atoms with E-state index in [2.05, 4.69) is 53.2 Å². The zero-order chi connectivity index (χ0) is 8.81. The van der Waals surface area contributed by atoms with Crippen molar-refractivity contribution in [3.05, 3.63) is 41.3 Å². The highest BCUT2D eigenvalue weighted by Gasteiger charge is 1.95. The first-order chi connectivity index (χ1) is 5.86. The van der Waals surface area contributed by atoms with Gasteiger partial charge in [0.2, 0.25) is 0 Å². The van der Waals surface area contributed by atoms with Gasteiger partial charge in [0.05, 0.1) is 0 Å². The third-order valence-corrected chi connectivity index (χ3v) is 3.57. The molecule has 0 nitrogen and oxygen atoms in total. The molecule has 0 bridgehead atoms.